The molecule has 0 aliphatic carbocycles. The van der Waals surface area contributed by atoms with Crippen LogP contribution in [0, 0.1) is 0 Å². The van der Waals surface area contributed by atoms with Gasteiger partial charge in [0.2, 0.25) is 0 Å². The molecule has 2 rings (SSSR count). The first-order chi connectivity index (χ1) is 6.40. The zero-order chi connectivity index (χ0) is 9.10. The van der Waals surface area contributed by atoms with Gasteiger partial charge in [0.15, 0.2) is 0 Å². The van der Waals surface area contributed by atoms with E-state index in [0.29, 0.717) is 0 Å². The molecule has 1 aromatic rings. The first-order valence-corrected chi connectivity index (χ1v) is 4.38. The molecule has 1 atom stereocenters. The summed E-state index contributed by atoms with van der Waals surface area (Å²) in [4.78, 5) is 0. The number of nitrogens with one attached hydrogen (secondary N) is 1. The van der Waals surface area contributed by atoms with Crippen molar-refractivity contribution in [3.05, 3.63) is 35.4 Å². The molecule has 0 saturated heterocycles. The van der Waals surface area contributed by atoms with E-state index in [1.54, 1.807) is 0 Å². The Kier molecular flexibility index (Phi) is 2.27. The molecule has 0 bridgehead atoms. The fraction of sp³-hybridized carbons (Fsp3) is 0.300. The lowest BCUT2D eigenvalue weighted by atomic mass is 9.97. The van der Waals surface area contributed by atoms with Crippen LogP contribution in [0.5, 0.6) is 0 Å². The van der Waals surface area contributed by atoms with E-state index < -0.39 is 0 Å². The van der Waals surface area contributed by atoms with Crippen LogP contribution in [0.25, 0.3) is 0 Å². The van der Waals surface area contributed by atoms with E-state index in [1.165, 1.54) is 17.3 Å². The number of nitrogens with zero attached hydrogens (tertiary/aromatic N) is 1. The van der Waals surface area contributed by atoms with Gasteiger partial charge in [0.1, 0.15) is 0 Å². The Morgan fingerprint density at radius 2 is 2.15 bits per heavy atom. The zero-order valence-corrected chi connectivity index (χ0v) is 7.27. The summed E-state index contributed by atoms with van der Waals surface area (Å²) in [5.41, 5.74) is 2.68. The fourth-order valence-electron chi connectivity index (χ4n) is 1.67. The van der Waals surface area contributed by atoms with Crippen LogP contribution in [-0.4, -0.2) is 17.5 Å². The smallest absolute Gasteiger partial charge is 0.0609 e. The van der Waals surface area contributed by atoms with Gasteiger partial charge in [-0.2, -0.15) is 0 Å². The first kappa shape index (κ1) is 8.26. The second kappa shape index (κ2) is 3.58. The molecule has 68 valence electrons. The predicted molar refractivity (Wildman–Crippen MR) is 51.1 cm³/mol. The topological polar surface area (TPSA) is 44.6 Å². The Morgan fingerprint density at radius 1 is 1.38 bits per heavy atom. The number of hydrogen-bond donors (Lipinski definition) is 2. The Morgan fingerprint density at radius 3 is 2.92 bits per heavy atom. The summed E-state index contributed by atoms with van der Waals surface area (Å²) in [5, 5.41) is 14.7. The highest BCUT2D eigenvalue weighted by Gasteiger charge is 2.15. The van der Waals surface area contributed by atoms with Gasteiger partial charge in [0.05, 0.1) is 12.3 Å². The van der Waals surface area contributed by atoms with Gasteiger partial charge in [0, 0.05) is 6.54 Å². The molecule has 0 amide bonds. The molecule has 0 saturated carbocycles. The van der Waals surface area contributed by atoms with Gasteiger partial charge in [-0.3, -0.25) is 0 Å². The van der Waals surface area contributed by atoms with Crippen molar-refractivity contribution in [3.63, 3.8) is 0 Å². The summed E-state index contributed by atoms with van der Waals surface area (Å²) in [7, 11) is 0. The fourth-order valence-corrected chi connectivity index (χ4v) is 1.67. The van der Waals surface area contributed by atoms with Crippen molar-refractivity contribution in [1.82, 2.24) is 5.32 Å². The maximum Gasteiger partial charge on any atom is 0.0609 e. The lowest BCUT2D eigenvalue weighted by Crippen LogP contribution is -2.36. The van der Waals surface area contributed by atoms with Gasteiger partial charge < -0.3 is 10.5 Å². The SMILES string of the molecule is O/N=C/C1Cc2ccccc2CN1. The molecule has 2 N–H and O–H groups in total. The Labute approximate surface area is 77.1 Å². The van der Waals surface area contributed by atoms with Crippen LogP contribution in [0.3, 0.4) is 0 Å². The minimum absolute atomic E-state index is 0.167. The minimum Gasteiger partial charge on any atom is -0.411 e. The van der Waals surface area contributed by atoms with E-state index in [0.717, 1.165) is 13.0 Å². The lowest BCUT2D eigenvalue weighted by Gasteiger charge is -2.22. The van der Waals surface area contributed by atoms with E-state index in [-0.39, 0.29) is 6.04 Å². The first-order valence-electron chi connectivity index (χ1n) is 4.38. The second-order valence-electron chi connectivity index (χ2n) is 3.22. The molecule has 1 aromatic carbocycles. The zero-order valence-electron chi connectivity index (χ0n) is 7.27. The summed E-state index contributed by atoms with van der Waals surface area (Å²) in [6, 6.07) is 8.49. The minimum atomic E-state index is 0.167. The molecule has 3 nitrogen and oxygen atoms in total. The Hall–Kier alpha value is -1.35. The van der Waals surface area contributed by atoms with Crippen LogP contribution in [0.2, 0.25) is 0 Å². The van der Waals surface area contributed by atoms with Crippen molar-refractivity contribution in [3.8, 4) is 0 Å². The Bertz CT molecular complexity index is 322. The van der Waals surface area contributed by atoms with Crippen molar-refractivity contribution >= 4 is 6.21 Å². The number of oxime groups is 1. The van der Waals surface area contributed by atoms with E-state index in [9.17, 15) is 0 Å². The van der Waals surface area contributed by atoms with Crippen LogP contribution < -0.4 is 5.32 Å². The van der Waals surface area contributed by atoms with Crippen LogP contribution in [0.4, 0.5) is 0 Å². The van der Waals surface area contributed by atoms with E-state index >= 15 is 0 Å². The van der Waals surface area contributed by atoms with Crippen molar-refractivity contribution in [1.29, 1.82) is 0 Å². The monoisotopic (exact) mass is 176 g/mol. The number of rotatable bonds is 1. The molecular formula is C10H12N2O. The molecule has 1 aliphatic rings. The third-order valence-corrected chi connectivity index (χ3v) is 2.36. The quantitative estimate of drug-likeness (QED) is 0.383. The molecule has 0 aromatic heterocycles. The molecule has 1 aliphatic heterocycles. The molecule has 3 heteroatoms. The van der Waals surface area contributed by atoms with Gasteiger partial charge in [-0.15, -0.1) is 5.16 Å². The summed E-state index contributed by atoms with van der Waals surface area (Å²) < 4.78 is 0. The highest BCUT2D eigenvalue weighted by atomic mass is 16.4. The number of hydrogen-bond acceptors (Lipinski definition) is 3. The van der Waals surface area contributed by atoms with Crippen molar-refractivity contribution in [2.45, 2.75) is 19.0 Å². The van der Waals surface area contributed by atoms with Gasteiger partial charge in [0.25, 0.3) is 0 Å². The molecule has 0 radical (unpaired) electrons. The van der Waals surface area contributed by atoms with Gasteiger partial charge in [-0.25, -0.2) is 0 Å². The molecular weight excluding hydrogens is 164 g/mol. The summed E-state index contributed by atoms with van der Waals surface area (Å²) >= 11 is 0. The average molecular weight is 176 g/mol. The summed E-state index contributed by atoms with van der Waals surface area (Å²) in [6.45, 7) is 0.854. The maximum atomic E-state index is 8.40. The predicted octanol–water partition coefficient (Wildman–Crippen LogP) is 1.16. The molecule has 0 spiro atoms. The summed E-state index contributed by atoms with van der Waals surface area (Å²) in [5.74, 6) is 0. The molecule has 1 unspecified atom stereocenters. The lowest BCUT2D eigenvalue weighted by molar-refractivity contribution is 0.318. The van der Waals surface area contributed by atoms with Gasteiger partial charge >= 0.3 is 0 Å². The Balaban J connectivity index is 2.19. The van der Waals surface area contributed by atoms with Crippen LogP contribution in [-0.2, 0) is 13.0 Å². The second-order valence-corrected chi connectivity index (χ2v) is 3.22. The largest absolute Gasteiger partial charge is 0.411 e. The third-order valence-electron chi connectivity index (χ3n) is 2.36. The number of fused-ring (bicyclic) bond motifs is 1. The summed E-state index contributed by atoms with van der Waals surface area (Å²) in [6.07, 6.45) is 2.44. The maximum absolute atomic E-state index is 8.40. The molecule has 0 fully saturated rings. The van der Waals surface area contributed by atoms with Crippen LogP contribution in [0.1, 0.15) is 11.1 Å². The number of benzene rings is 1. The normalized spacial score (nSPS) is 21.7. The third kappa shape index (κ3) is 1.70. The van der Waals surface area contributed by atoms with E-state index in [1.807, 2.05) is 12.1 Å². The molecule has 13 heavy (non-hydrogen) atoms. The highest BCUT2D eigenvalue weighted by molar-refractivity contribution is 5.65. The van der Waals surface area contributed by atoms with E-state index in [2.05, 4.69) is 22.6 Å². The highest BCUT2D eigenvalue weighted by Crippen LogP contribution is 2.15. The van der Waals surface area contributed by atoms with Gasteiger partial charge in [-0.05, 0) is 17.5 Å². The molecule has 1 heterocycles. The van der Waals surface area contributed by atoms with Gasteiger partial charge in [-0.1, -0.05) is 24.3 Å². The van der Waals surface area contributed by atoms with E-state index in [4.69, 9.17) is 5.21 Å². The van der Waals surface area contributed by atoms with Crippen molar-refractivity contribution < 1.29 is 5.21 Å². The van der Waals surface area contributed by atoms with Crippen LogP contribution >= 0.6 is 0 Å². The van der Waals surface area contributed by atoms with Crippen molar-refractivity contribution in [2.75, 3.05) is 0 Å². The van der Waals surface area contributed by atoms with Crippen molar-refractivity contribution in [2.24, 2.45) is 5.16 Å². The standard InChI is InChI=1S/C10H12N2O/c13-12-7-10-5-8-3-1-2-4-9(8)6-11-10/h1-4,7,10-11,13H,5-6H2/b12-7+. The van der Waals surface area contributed by atoms with Crippen LogP contribution in [0.15, 0.2) is 29.4 Å². The average Bonchev–Trinajstić information content (AvgIpc) is 2.18.